The van der Waals surface area contributed by atoms with Gasteiger partial charge in [0.15, 0.2) is 6.10 Å². The Kier molecular flexibility index (Phi) is 7.17. The van der Waals surface area contributed by atoms with Crippen molar-refractivity contribution in [3.63, 3.8) is 0 Å². The number of nitrogens with zero attached hydrogens (tertiary/aromatic N) is 2. The van der Waals surface area contributed by atoms with Crippen LogP contribution in [0.25, 0.3) is 0 Å². The molecule has 0 spiro atoms. The number of benzene rings is 2. The molecule has 2 aromatic carbocycles. The molecule has 0 bridgehead atoms. The molecule has 9 heteroatoms. The zero-order valence-corrected chi connectivity index (χ0v) is 18.4. The van der Waals surface area contributed by atoms with E-state index in [0.717, 1.165) is 17.7 Å². The maximum atomic E-state index is 12.8. The molecule has 166 valence electrons. The van der Waals surface area contributed by atoms with E-state index in [4.69, 9.17) is 28.0 Å². The standard InChI is InChI=1S/C22H21Cl2F3N2O2/c1-13(2)21(30)29(11-14-3-6-16(7-4-14)22(25,26)27)12-17-10-20(28-31-17)15-5-8-18(23)19(24)9-15/h3-9,13,17H,10-12H2,1-2H3. The molecule has 31 heavy (non-hydrogen) atoms. The quantitative estimate of drug-likeness (QED) is 0.502. The molecule has 0 saturated heterocycles. The van der Waals surface area contributed by atoms with Gasteiger partial charge in [-0.05, 0) is 29.8 Å². The van der Waals surface area contributed by atoms with Gasteiger partial charge in [0, 0.05) is 24.4 Å². The number of oxime groups is 1. The Morgan fingerprint density at radius 3 is 2.42 bits per heavy atom. The van der Waals surface area contributed by atoms with E-state index in [1.165, 1.54) is 12.1 Å². The van der Waals surface area contributed by atoms with Crippen molar-refractivity contribution < 1.29 is 22.8 Å². The molecular formula is C22H21Cl2F3N2O2. The highest BCUT2D eigenvalue weighted by Gasteiger charge is 2.31. The maximum absolute atomic E-state index is 12.8. The number of halogens is 5. The van der Waals surface area contributed by atoms with Crippen LogP contribution < -0.4 is 0 Å². The molecule has 1 heterocycles. The van der Waals surface area contributed by atoms with Gasteiger partial charge in [0.05, 0.1) is 27.9 Å². The molecular weight excluding hydrogens is 452 g/mol. The molecule has 2 aromatic rings. The third-order valence-electron chi connectivity index (χ3n) is 4.87. The molecule has 0 radical (unpaired) electrons. The predicted octanol–water partition coefficient (Wildman–Crippen LogP) is 6.19. The SMILES string of the molecule is CC(C)C(=O)N(Cc1ccc(C(F)(F)F)cc1)CC1CC(c2ccc(Cl)c(Cl)c2)=NO1. The van der Waals surface area contributed by atoms with Crippen molar-refractivity contribution in [3.8, 4) is 0 Å². The van der Waals surface area contributed by atoms with Gasteiger partial charge in [0.1, 0.15) is 0 Å². The number of rotatable bonds is 6. The van der Waals surface area contributed by atoms with E-state index in [1.807, 2.05) is 0 Å². The van der Waals surface area contributed by atoms with Crippen LogP contribution in [0, 0.1) is 5.92 Å². The number of alkyl halides is 3. The Morgan fingerprint density at radius 2 is 1.84 bits per heavy atom. The summed E-state index contributed by atoms with van der Waals surface area (Å²) >= 11 is 12.0. The van der Waals surface area contributed by atoms with E-state index in [9.17, 15) is 18.0 Å². The molecule has 1 amide bonds. The minimum absolute atomic E-state index is 0.119. The lowest BCUT2D eigenvalue weighted by atomic mass is 10.0. The predicted molar refractivity (Wildman–Crippen MR) is 114 cm³/mol. The second kappa shape index (κ2) is 9.49. The zero-order valence-electron chi connectivity index (χ0n) is 16.9. The number of amides is 1. The summed E-state index contributed by atoms with van der Waals surface area (Å²) in [6.45, 7) is 3.98. The lowest BCUT2D eigenvalue weighted by Gasteiger charge is -2.26. The summed E-state index contributed by atoms with van der Waals surface area (Å²) in [5.74, 6) is -0.391. The Hall–Kier alpha value is -2.25. The number of hydrogen-bond acceptors (Lipinski definition) is 3. The Labute approximate surface area is 188 Å². The first-order valence-corrected chi connectivity index (χ1v) is 10.4. The molecule has 0 aromatic heterocycles. The van der Waals surface area contributed by atoms with Crippen LogP contribution >= 0.6 is 23.2 Å². The lowest BCUT2D eigenvalue weighted by molar-refractivity contribution is -0.138. The van der Waals surface area contributed by atoms with Crippen molar-refractivity contribution in [1.29, 1.82) is 0 Å². The average Bonchev–Trinajstić information content (AvgIpc) is 3.17. The molecule has 0 saturated carbocycles. The molecule has 4 nitrogen and oxygen atoms in total. The van der Waals surface area contributed by atoms with Crippen molar-refractivity contribution in [2.24, 2.45) is 11.1 Å². The smallest absolute Gasteiger partial charge is 0.390 e. The Morgan fingerprint density at radius 1 is 1.16 bits per heavy atom. The van der Waals surface area contributed by atoms with Crippen molar-refractivity contribution in [2.45, 2.75) is 39.1 Å². The van der Waals surface area contributed by atoms with Crippen LogP contribution in [0.4, 0.5) is 13.2 Å². The third kappa shape index (κ3) is 5.92. The van der Waals surface area contributed by atoms with Gasteiger partial charge < -0.3 is 9.74 Å². The number of hydrogen-bond donors (Lipinski definition) is 0. The number of carbonyl (C=O) groups is 1. The van der Waals surface area contributed by atoms with Crippen LogP contribution in [0.5, 0.6) is 0 Å². The van der Waals surface area contributed by atoms with Crippen LogP contribution in [-0.2, 0) is 22.4 Å². The first-order chi connectivity index (χ1) is 14.5. The molecule has 1 atom stereocenters. The van der Waals surface area contributed by atoms with Gasteiger partial charge >= 0.3 is 6.18 Å². The van der Waals surface area contributed by atoms with Crippen LogP contribution in [0.3, 0.4) is 0 Å². The van der Waals surface area contributed by atoms with Gasteiger partial charge in [-0.3, -0.25) is 4.79 Å². The van der Waals surface area contributed by atoms with Crippen LogP contribution in [0.2, 0.25) is 10.0 Å². The van der Waals surface area contributed by atoms with Gasteiger partial charge in [-0.1, -0.05) is 60.4 Å². The van der Waals surface area contributed by atoms with E-state index in [2.05, 4.69) is 5.16 Å². The molecule has 1 aliphatic rings. The van der Waals surface area contributed by atoms with Gasteiger partial charge in [-0.25, -0.2) is 0 Å². The summed E-state index contributed by atoms with van der Waals surface area (Å²) in [5.41, 5.74) is 1.35. The van der Waals surface area contributed by atoms with Crippen molar-refractivity contribution >= 4 is 34.8 Å². The first-order valence-electron chi connectivity index (χ1n) is 9.67. The summed E-state index contributed by atoms with van der Waals surface area (Å²) in [6.07, 6.45) is -4.31. The summed E-state index contributed by atoms with van der Waals surface area (Å²) in [5, 5.41) is 4.96. The molecule has 0 fully saturated rings. The van der Waals surface area contributed by atoms with Crippen LogP contribution in [-0.4, -0.2) is 29.2 Å². The topological polar surface area (TPSA) is 41.9 Å². The second-order valence-electron chi connectivity index (χ2n) is 7.67. The van der Waals surface area contributed by atoms with E-state index in [0.29, 0.717) is 27.7 Å². The maximum Gasteiger partial charge on any atom is 0.416 e. The Balaban J connectivity index is 1.69. The molecule has 0 aliphatic carbocycles. The van der Waals surface area contributed by atoms with E-state index in [1.54, 1.807) is 36.9 Å². The summed E-state index contributed by atoms with van der Waals surface area (Å²) < 4.78 is 38.4. The summed E-state index contributed by atoms with van der Waals surface area (Å²) in [7, 11) is 0. The van der Waals surface area contributed by atoms with Crippen molar-refractivity contribution in [3.05, 3.63) is 69.2 Å². The van der Waals surface area contributed by atoms with Crippen LogP contribution in [0.15, 0.2) is 47.6 Å². The fourth-order valence-electron chi connectivity index (χ4n) is 3.24. The van der Waals surface area contributed by atoms with E-state index in [-0.39, 0.29) is 31.0 Å². The average molecular weight is 473 g/mol. The third-order valence-corrected chi connectivity index (χ3v) is 5.61. The molecule has 0 N–H and O–H groups in total. The number of carbonyl (C=O) groups excluding carboxylic acids is 1. The van der Waals surface area contributed by atoms with Gasteiger partial charge in [0.2, 0.25) is 5.91 Å². The fourth-order valence-corrected chi connectivity index (χ4v) is 3.53. The van der Waals surface area contributed by atoms with Crippen molar-refractivity contribution in [2.75, 3.05) is 6.54 Å². The minimum atomic E-state index is -4.40. The minimum Gasteiger partial charge on any atom is -0.390 e. The second-order valence-corrected chi connectivity index (χ2v) is 8.48. The highest BCUT2D eigenvalue weighted by Crippen LogP contribution is 2.30. The largest absolute Gasteiger partial charge is 0.416 e. The highest BCUT2D eigenvalue weighted by molar-refractivity contribution is 6.42. The Bertz CT molecular complexity index is 976. The highest BCUT2D eigenvalue weighted by atomic mass is 35.5. The fraction of sp³-hybridized carbons (Fsp3) is 0.364. The van der Waals surface area contributed by atoms with Crippen LogP contribution in [0.1, 0.15) is 37.0 Å². The van der Waals surface area contributed by atoms with Gasteiger partial charge in [-0.15, -0.1) is 0 Å². The first kappa shape index (κ1) is 23.4. The summed E-state index contributed by atoms with van der Waals surface area (Å²) in [4.78, 5) is 19.8. The molecule has 1 aliphatic heterocycles. The lowest BCUT2D eigenvalue weighted by Crippen LogP contribution is -2.39. The monoisotopic (exact) mass is 472 g/mol. The molecule has 1 unspecified atom stereocenters. The normalized spacial score (nSPS) is 16.3. The molecule has 3 rings (SSSR count). The van der Waals surface area contributed by atoms with E-state index >= 15 is 0 Å². The zero-order chi connectivity index (χ0) is 22.8. The van der Waals surface area contributed by atoms with E-state index < -0.39 is 11.7 Å². The van der Waals surface area contributed by atoms with Gasteiger partial charge in [-0.2, -0.15) is 13.2 Å². The van der Waals surface area contributed by atoms with Crippen molar-refractivity contribution in [1.82, 2.24) is 4.90 Å². The summed E-state index contributed by atoms with van der Waals surface area (Å²) in [6, 6.07) is 9.98. The van der Waals surface area contributed by atoms with Gasteiger partial charge in [0.25, 0.3) is 0 Å².